The predicted octanol–water partition coefficient (Wildman–Crippen LogP) is 2.42. The lowest BCUT2D eigenvalue weighted by molar-refractivity contribution is 0.233. The van der Waals surface area contributed by atoms with Crippen LogP contribution in [0.3, 0.4) is 0 Å². The van der Waals surface area contributed by atoms with Gasteiger partial charge in [-0.1, -0.05) is 18.2 Å². The molecule has 0 atom stereocenters. The first kappa shape index (κ1) is 8.94. The summed E-state index contributed by atoms with van der Waals surface area (Å²) in [6.07, 6.45) is 1.86. The van der Waals surface area contributed by atoms with E-state index in [0.29, 0.717) is 5.88 Å². The van der Waals surface area contributed by atoms with Gasteiger partial charge in [0.1, 0.15) is 0 Å². The van der Waals surface area contributed by atoms with Gasteiger partial charge >= 0.3 is 0 Å². The van der Waals surface area contributed by atoms with E-state index in [2.05, 4.69) is 10.2 Å². The maximum atomic E-state index is 5.55. The highest BCUT2D eigenvalue weighted by molar-refractivity contribution is 5.85. The monoisotopic (exact) mass is 188 g/mol. The van der Waals surface area contributed by atoms with E-state index in [0.717, 1.165) is 10.8 Å². The molecule has 3 heteroatoms. The van der Waals surface area contributed by atoms with E-state index in [4.69, 9.17) is 4.74 Å². The lowest BCUT2D eigenvalue weighted by Gasteiger charge is -2.09. The molecule has 0 saturated carbocycles. The van der Waals surface area contributed by atoms with Gasteiger partial charge in [-0.2, -0.15) is 5.10 Å². The summed E-state index contributed by atoms with van der Waals surface area (Å²) < 4.78 is 5.55. The molecule has 0 saturated heterocycles. The van der Waals surface area contributed by atoms with Crippen molar-refractivity contribution in [3.05, 3.63) is 30.5 Å². The lowest BCUT2D eigenvalue weighted by atomic mass is 10.2. The van der Waals surface area contributed by atoms with Crippen LogP contribution in [0.2, 0.25) is 0 Å². The van der Waals surface area contributed by atoms with Gasteiger partial charge in [0.05, 0.1) is 12.3 Å². The number of aromatic nitrogens is 2. The normalized spacial score (nSPS) is 10.8. The van der Waals surface area contributed by atoms with Crippen molar-refractivity contribution in [3.8, 4) is 5.88 Å². The van der Waals surface area contributed by atoms with Crippen LogP contribution in [0.4, 0.5) is 0 Å². The summed E-state index contributed by atoms with van der Waals surface area (Å²) in [5.41, 5.74) is 0. The first-order chi connectivity index (χ1) is 6.77. The minimum atomic E-state index is 0.120. The Morgan fingerprint density at radius 1 is 1.21 bits per heavy atom. The zero-order valence-electron chi connectivity index (χ0n) is 8.27. The van der Waals surface area contributed by atoms with Crippen molar-refractivity contribution in [1.82, 2.24) is 10.2 Å². The van der Waals surface area contributed by atoms with Crippen LogP contribution >= 0.6 is 0 Å². The summed E-state index contributed by atoms with van der Waals surface area (Å²) in [7, 11) is 0. The molecule has 0 N–H and O–H groups in total. The quantitative estimate of drug-likeness (QED) is 0.726. The molecule has 0 radical (unpaired) electrons. The summed E-state index contributed by atoms with van der Waals surface area (Å²) >= 11 is 0. The van der Waals surface area contributed by atoms with Gasteiger partial charge in [-0.3, -0.25) is 0 Å². The minimum Gasteiger partial charge on any atom is -0.473 e. The molecule has 0 aliphatic rings. The van der Waals surface area contributed by atoms with Gasteiger partial charge in [-0.15, -0.1) is 5.10 Å². The van der Waals surface area contributed by atoms with Gasteiger partial charge < -0.3 is 4.74 Å². The number of hydrogen-bond donors (Lipinski definition) is 0. The van der Waals surface area contributed by atoms with Crippen molar-refractivity contribution in [2.75, 3.05) is 0 Å². The number of nitrogens with zero attached hydrogens (tertiary/aromatic N) is 2. The molecule has 0 aliphatic carbocycles. The molecule has 3 nitrogen and oxygen atoms in total. The maximum Gasteiger partial charge on any atom is 0.241 e. The summed E-state index contributed by atoms with van der Waals surface area (Å²) in [5, 5.41) is 9.93. The molecule has 0 spiro atoms. The number of fused-ring (bicyclic) bond motifs is 1. The van der Waals surface area contributed by atoms with Crippen molar-refractivity contribution >= 4 is 10.8 Å². The Balaban J connectivity index is 2.53. The van der Waals surface area contributed by atoms with Crippen LogP contribution in [-0.2, 0) is 0 Å². The lowest BCUT2D eigenvalue weighted by Crippen LogP contribution is -2.07. The van der Waals surface area contributed by atoms with Crippen molar-refractivity contribution in [2.24, 2.45) is 0 Å². The molecule has 2 aromatic rings. The Hall–Kier alpha value is -1.64. The number of benzene rings is 1. The molecule has 0 amide bonds. The van der Waals surface area contributed by atoms with Crippen molar-refractivity contribution in [2.45, 2.75) is 20.0 Å². The fourth-order valence-electron chi connectivity index (χ4n) is 1.31. The van der Waals surface area contributed by atoms with E-state index in [-0.39, 0.29) is 6.10 Å². The van der Waals surface area contributed by atoms with Crippen molar-refractivity contribution in [1.29, 1.82) is 0 Å². The van der Waals surface area contributed by atoms with E-state index in [9.17, 15) is 0 Å². The highest BCUT2D eigenvalue weighted by atomic mass is 16.5. The van der Waals surface area contributed by atoms with Crippen LogP contribution in [0, 0.1) is 0 Å². The molecule has 2 rings (SSSR count). The second-order valence-corrected chi connectivity index (χ2v) is 3.40. The van der Waals surface area contributed by atoms with Gasteiger partial charge in [0.25, 0.3) is 0 Å². The molecule has 0 fully saturated rings. The molecular weight excluding hydrogens is 176 g/mol. The molecule has 1 heterocycles. The minimum absolute atomic E-state index is 0.120. The van der Waals surface area contributed by atoms with Crippen LogP contribution in [0.15, 0.2) is 30.5 Å². The van der Waals surface area contributed by atoms with E-state index >= 15 is 0 Å². The Morgan fingerprint density at radius 2 is 2.00 bits per heavy atom. The van der Waals surface area contributed by atoms with Gasteiger partial charge in [0, 0.05) is 10.8 Å². The zero-order valence-corrected chi connectivity index (χ0v) is 8.27. The third kappa shape index (κ3) is 1.66. The first-order valence-electron chi connectivity index (χ1n) is 4.64. The maximum absolute atomic E-state index is 5.55. The van der Waals surface area contributed by atoms with E-state index in [1.54, 1.807) is 6.20 Å². The van der Waals surface area contributed by atoms with E-state index < -0.39 is 0 Å². The summed E-state index contributed by atoms with van der Waals surface area (Å²) in [6, 6.07) is 7.93. The molecular formula is C11H12N2O. The van der Waals surface area contributed by atoms with Gasteiger partial charge in [-0.05, 0) is 19.9 Å². The standard InChI is InChI=1S/C11H12N2O/c1-8(2)14-11-10-6-4-3-5-9(10)7-12-13-11/h3-8H,1-2H3. The topological polar surface area (TPSA) is 35.0 Å². The molecule has 0 bridgehead atoms. The van der Waals surface area contributed by atoms with E-state index in [1.165, 1.54) is 0 Å². The van der Waals surface area contributed by atoms with E-state index in [1.807, 2.05) is 38.1 Å². The summed E-state index contributed by atoms with van der Waals surface area (Å²) in [4.78, 5) is 0. The Kier molecular flexibility index (Phi) is 2.31. The Morgan fingerprint density at radius 3 is 2.79 bits per heavy atom. The smallest absolute Gasteiger partial charge is 0.241 e. The number of ether oxygens (including phenoxy) is 1. The average Bonchev–Trinajstić information content (AvgIpc) is 2.18. The van der Waals surface area contributed by atoms with Crippen LogP contribution in [0.5, 0.6) is 5.88 Å². The third-order valence-electron chi connectivity index (χ3n) is 1.88. The molecule has 72 valence electrons. The highest BCUT2D eigenvalue weighted by Crippen LogP contribution is 2.21. The SMILES string of the molecule is CC(C)Oc1nncc2ccccc12. The largest absolute Gasteiger partial charge is 0.473 e. The van der Waals surface area contributed by atoms with Crippen LogP contribution in [0.25, 0.3) is 10.8 Å². The van der Waals surface area contributed by atoms with Gasteiger partial charge in [0.15, 0.2) is 0 Å². The molecule has 0 unspecified atom stereocenters. The second-order valence-electron chi connectivity index (χ2n) is 3.40. The highest BCUT2D eigenvalue weighted by Gasteiger charge is 2.04. The van der Waals surface area contributed by atoms with Crippen LogP contribution in [0.1, 0.15) is 13.8 Å². The number of hydrogen-bond acceptors (Lipinski definition) is 3. The zero-order chi connectivity index (χ0) is 9.97. The molecule has 1 aromatic carbocycles. The van der Waals surface area contributed by atoms with Crippen molar-refractivity contribution < 1.29 is 4.74 Å². The van der Waals surface area contributed by atoms with Gasteiger partial charge in [0.2, 0.25) is 5.88 Å². The summed E-state index contributed by atoms with van der Waals surface area (Å²) in [6.45, 7) is 3.95. The molecule has 14 heavy (non-hydrogen) atoms. The predicted molar refractivity (Wildman–Crippen MR) is 55.3 cm³/mol. The fraction of sp³-hybridized carbons (Fsp3) is 0.273. The Bertz CT molecular complexity index is 435. The van der Waals surface area contributed by atoms with Crippen LogP contribution in [-0.4, -0.2) is 16.3 Å². The fourth-order valence-corrected chi connectivity index (χ4v) is 1.31. The number of rotatable bonds is 2. The van der Waals surface area contributed by atoms with Gasteiger partial charge in [-0.25, -0.2) is 0 Å². The molecule has 1 aromatic heterocycles. The summed E-state index contributed by atoms with van der Waals surface area (Å²) in [5.74, 6) is 0.609. The second kappa shape index (κ2) is 3.62. The Labute approximate surface area is 82.7 Å². The first-order valence-corrected chi connectivity index (χ1v) is 4.64. The van der Waals surface area contributed by atoms with Crippen molar-refractivity contribution in [3.63, 3.8) is 0 Å². The molecule has 0 aliphatic heterocycles. The average molecular weight is 188 g/mol. The third-order valence-corrected chi connectivity index (χ3v) is 1.88. The van der Waals surface area contributed by atoms with Crippen LogP contribution < -0.4 is 4.74 Å².